The standard InChI is InChI=1S/C21H30N2O/c1-15(20-12-17-7-8-18(20)11-17)22-21(24)19-9-10-23(14-19)13-16-5-3-2-4-6-16/h2-6,15,17-20H,7-14H2,1H3,(H,22,24). The van der Waals surface area contributed by atoms with Gasteiger partial charge in [-0.2, -0.15) is 0 Å². The summed E-state index contributed by atoms with van der Waals surface area (Å²) in [4.78, 5) is 15.1. The zero-order chi connectivity index (χ0) is 16.5. The molecule has 0 radical (unpaired) electrons. The third kappa shape index (κ3) is 3.37. The van der Waals surface area contributed by atoms with E-state index in [0.29, 0.717) is 11.9 Å². The van der Waals surface area contributed by atoms with E-state index in [1.54, 1.807) is 0 Å². The Labute approximate surface area is 145 Å². The smallest absolute Gasteiger partial charge is 0.224 e. The number of carbonyl (C=O) groups excluding carboxylic acids is 1. The fraction of sp³-hybridized carbons (Fsp3) is 0.667. The SMILES string of the molecule is CC(NC(=O)C1CCN(Cc2ccccc2)C1)C1CC2CCC1C2. The van der Waals surface area contributed by atoms with Gasteiger partial charge in [0.25, 0.3) is 0 Å². The van der Waals surface area contributed by atoms with E-state index in [1.165, 1.54) is 31.2 Å². The van der Waals surface area contributed by atoms with Crippen molar-refractivity contribution in [2.45, 2.75) is 51.6 Å². The number of amides is 1. The lowest BCUT2D eigenvalue weighted by Crippen LogP contribution is -2.43. The summed E-state index contributed by atoms with van der Waals surface area (Å²) >= 11 is 0. The molecule has 24 heavy (non-hydrogen) atoms. The van der Waals surface area contributed by atoms with Crippen molar-refractivity contribution < 1.29 is 4.79 Å². The van der Waals surface area contributed by atoms with Gasteiger partial charge in [-0.1, -0.05) is 36.8 Å². The average Bonchev–Trinajstić information content (AvgIpc) is 3.32. The number of nitrogens with zero attached hydrogens (tertiary/aromatic N) is 1. The number of hydrogen-bond donors (Lipinski definition) is 1. The molecule has 5 atom stereocenters. The van der Waals surface area contributed by atoms with Gasteiger partial charge < -0.3 is 5.32 Å². The maximum atomic E-state index is 12.7. The van der Waals surface area contributed by atoms with Gasteiger partial charge >= 0.3 is 0 Å². The second-order valence-corrected chi connectivity index (χ2v) is 8.34. The minimum atomic E-state index is 0.176. The number of fused-ring (bicyclic) bond motifs is 2. The van der Waals surface area contributed by atoms with Gasteiger partial charge in [0.1, 0.15) is 0 Å². The van der Waals surface area contributed by atoms with Crippen LogP contribution in [0.5, 0.6) is 0 Å². The first kappa shape index (κ1) is 16.1. The Balaban J connectivity index is 1.26. The van der Waals surface area contributed by atoms with E-state index in [2.05, 4.69) is 47.5 Å². The third-order valence-corrected chi connectivity index (χ3v) is 6.70. The average molecular weight is 326 g/mol. The summed E-state index contributed by atoms with van der Waals surface area (Å²) in [6.45, 7) is 5.15. The minimum absolute atomic E-state index is 0.176. The summed E-state index contributed by atoms with van der Waals surface area (Å²) in [5, 5.41) is 3.37. The molecule has 1 saturated heterocycles. The Morgan fingerprint density at radius 1 is 1.21 bits per heavy atom. The van der Waals surface area contributed by atoms with Gasteiger partial charge in [0.05, 0.1) is 5.92 Å². The molecule has 3 fully saturated rings. The Kier molecular flexibility index (Phi) is 4.62. The molecule has 5 unspecified atom stereocenters. The summed E-state index contributed by atoms with van der Waals surface area (Å²) in [5.74, 6) is 3.03. The van der Waals surface area contributed by atoms with Crippen LogP contribution in [0.2, 0.25) is 0 Å². The molecule has 1 aromatic carbocycles. The number of likely N-dealkylation sites (tertiary alicyclic amines) is 1. The molecule has 1 amide bonds. The zero-order valence-electron chi connectivity index (χ0n) is 14.8. The monoisotopic (exact) mass is 326 g/mol. The molecular weight excluding hydrogens is 296 g/mol. The predicted octanol–water partition coefficient (Wildman–Crippen LogP) is 3.45. The van der Waals surface area contributed by atoms with Crippen LogP contribution in [0.15, 0.2) is 30.3 Å². The lowest BCUT2D eigenvalue weighted by atomic mass is 9.84. The maximum Gasteiger partial charge on any atom is 0.224 e. The van der Waals surface area contributed by atoms with Crippen LogP contribution in [0, 0.1) is 23.7 Å². The van der Waals surface area contributed by atoms with Crippen LogP contribution < -0.4 is 5.32 Å². The van der Waals surface area contributed by atoms with Gasteiger partial charge in [0, 0.05) is 19.1 Å². The summed E-state index contributed by atoms with van der Waals surface area (Å²) in [6.07, 6.45) is 6.58. The van der Waals surface area contributed by atoms with Crippen LogP contribution >= 0.6 is 0 Å². The second-order valence-electron chi connectivity index (χ2n) is 8.34. The molecule has 1 aliphatic heterocycles. The van der Waals surface area contributed by atoms with Gasteiger partial charge in [0.15, 0.2) is 0 Å². The highest BCUT2D eigenvalue weighted by Gasteiger charge is 2.42. The van der Waals surface area contributed by atoms with Gasteiger partial charge in [-0.3, -0.25) is 9.69 Å². The van der Waals surface area contributed by atoms with E-state index in [-0.39, 0.29) is 5.92 Å². The molecule has 1 heterocycles. The molecule has 2 bridgehead atoms. The van der Waals surface area contributed by atoms with E-state index in [1.807, 2.05) is 0 Å². The molecular formula is C21H30N2O. The largest absolute Gasteiger partial charge is 0.353 e. The molecule has 2 aliphatic carbocycles. The highest BCUT2D eigenvalue weighted by molar-refractivity contribution is 5.79. The molecule has 2 saturated carbocycles. The fourth-order valence-corrected chi connectivity index (χ4v) is 5.39. The molecule has 3 aliphatic rings. The van der Waals surface area contributed by atoms with Crippen molar-refractivity contribution in [3.63, 3.8) is 0 Å². The molecule has 0 spiro atoms. The lowest BCUT2D eigenvalue weighted by Gasteiger charge is -2.29. The number of hydrogen-bond acceptors (Lipinski definition) is 2. The Morgan fingerprint density at radius 2 is 2.04 bits per heavy atom. The molecule has 4 rings (SSSR count). The number of rotatable bonds is 5. The van der Waals surface area contributed by atoms with Crippen LogP contribution in [0.4, 0.5) is 0 Å². The summed E-state index contributed by atoms with van der Waals surface area (Å²) < 4.78 is 0. The minimum Gasteiger partial charge on any atom is -0.353 e. The highest BCUT2D eigenvalue weighted by Crippen LogP contribution is 2.49. The van der Waals surface area contributed by atoms with Crippen molar-refractivity contribution in [3.05, 3.63) is 35.9 Å². The molecule has 3 nitrogen and oxygen atoms in total. The molecule has 1 N–H and O–H groups in total. The van der Waals surface area contributed by atoms with E-state index < -0.39 is 0 Å². The van der Waals surface area contributed by atoms with E-state index in [4.69, 9.17) is 0 Å². The van der Waals surface area contributed by atoms with Gasteiger partial charge in [-0.05, 0) is 62.5 Å². The number of benzene rings is 1. The highest BCUT2D eigenvalue weighted by atomic mass is 16.2. The van der Waals surface area contributed by atoms with Crippen LogP contribution in [-0.4, -0.2) is 29.9 Å². The first-order valence-electron chi connectivity index (χ1n) is 9.75. The van der Waals surface area contributed by atoms with Gasteiger partial charge in [-0.15, -0.1) is 0 Å². The van der Waals surface area contributed by atoms with Crippen LogP contribution in [-0.2, 0) is 11.3 Å². The maximum absolute atomic E-state index is 12.7. The first-order valence-corrected chi connectivity index (χ1v) is 9.75. The van der Waals surface area contributed by atoms with Crippen molar-refractivity contribution in [2.75, 3.05) is 13.1 Å². The predicted molar refractivity (Wildman–Crippen MR) is 96.4 cm³/mol. The van der Waals surface area contributed by atoms with E-state index in [9.17, 15) is 4.79 Å². The van der Waals surface area contributed by atoms with Crippen molar-refractivity contribution >= 4 is 5.91 Å². The molecule has 130 valence electrons. The Hall–Kier alpha value is -1.35. The van der Waals surface area contributed by atoms with Crippen molar-refractivity contribution in [3.8, 4) is 0 Å². The van der Waals surface area contributed by atoms with E-state index >= 15 is 0 Å². The second kappa shape index (κ2) is 6.87. The first-order chi connectivity index (χ1) is 11.7. The molecule has 0 aromatic heterocycles. The summed E-state index contributed by atoms with van der Waals surface area (Å²) in [6, 6.07) is 10.9. The summed E-state index contributed by atoms with van der Waals surface area (Å²) in [7, 11) is 0. The van der Waals surface area contributed by atoms with Crippen molar-refractivity contribution in [1.82, 2.24) is 10.2 Å². The third-order valence-electron chi connectivity index (χ3n) is 6.70. The van der Waals surface area contributed by atoms with E-state index in [0.717, 1.165) is 43.8 Å². The molecule has 3 heteroatoms. The zero-order valence-corrected chi connectivity index (χ0v) is 14.8. The van der Waals surface area contributed by atoms with Crippen LogP contribution in [0.3, 0.4) is 0 Å². The van der Waals surface area contributed by atoms with Gasteiger partial charge in [-0.25, -0.2) is 0 Å². The Morgan fingerprint density at radius 3 is 2.75 bits per heavy atom. The fourth-order valence-electron chi connectivity index (χ4n) is 5.39. The topological polar surface area (TPSA) is 32.3 Å². The van der Waals surface area contributed by atoms with Crippen molar-refractivity contribution in [2.24, 2.45) is 23.7 Å². The number of nitrogens with one attached hydrogen (secondary N) is 1. The quantitative estimate of drug-likeness (QED) is 0.899. The Bertz CT molecular complexity index is 572. The van der Waals surface area contributed by atoms with Gasteiger partial charge in [0.2, 0.25) is 5.91 Å². The van der Waals surface area contributed by atoms with Crippen LogP contribution in [0.25, 0.3) is 0 Å². The lowest BCUT2D eigenvalue weighted by molar-refractivity contribution is -0.125. The van der Waals surface area contributed by atoms with Crippen LogP contribution in [0.1, 0.15) is 44.6 Å². The molecule has 1 aromatic rings. The number of carbonyl (C=O) groups is 1. The summed E-state index contributed by atoms with van der Waals surface area (Å²) in [5.41, 5.74) is 1.34. The normalized spacial score (nSPS) is 33.7. The van der Waals surface area contributed by atoms with Crippen molar-refractivity contribution in [1.29, 1.82) is 0 Å².